The first-order chi connectivity index (χ1) is 9.36. The number of hydrogen-bond donors (Lipinski definition) is 2. The van der Waals surface area contributed by atoms with E-state index < -0.39 is 0 Å². The second-order valence-electron chi connectivity index (χ2n) is 4.48. The number of aromatic nitrogens is 1. The molecule has 0 saturated heterocycles. The molecule has 1 unspecified atom stereocenters. The summed E-state index contributed by atoms with van der Waals surface area (Å²) >= 11 is 0. The van der Waals surface area contributed by atoms with E-state index in [1.54, 1.807) is 12.5 Å². The molecular weight excluding hydrogens is 238 g/mol. The van der Waals surface area contributed by atoms with Gasteiger partial charge in [-0.2, -0.15) is 0 Å². The summed E-state index contributed by atoms with van der Waals surface area (Å²) in [5.41, 5.74) is 5.83. The SMILES string of the molecule is NNC(Cc1ccc2ccccc2n1)c1ccoc1. The van der Waals surface area contributed by atoms with Gasteiger partial charge >= 0.3 is 0 Å². The average Bonchev–Trinajstić information content (AvgIpc) is 2.98. The predicted octanol–water partition coefficient (Wildman–Crippen LogP) is 2.57. The van der Waals surface area contributed by atoms with Gasteiger partial charge in [0.1, 0.15) is 0 Å². The van der Waals surface area contributed by atoms with E-state index in [-0.39, 0.29) is 6.04 Å². The number of hydrogen-bond acceptors (Lipinski definition) is 4. The highest BCUT2D eigenvalue weighted by atomic mass is 16.3. The maximum Gasteiger partial charge on any atom is 0.0951 e. The number of para-hydroxylation sites is 1. The Labute approximate surface area is 111 Å². The van der Waals surface area contributed by atoms with E-state index in [4.69, 9.17) is 10.3 Å². The molecular formula is C15H15N3O. The zero-order chi connectivity index (χ0) is 13.1. The Hall–Kier alpha value is -2.17. The van der Waals surface area contributed by atoms with Crippen molar-refractivity contribution in [2.75, 3.05) is 0 Å². The van der Waals surface area contributed by atoms with Crippen molar-refractivity contribution in [1.82, 2.24) is 10.4 Å². The van der Waals surface area contributed by atoms with Crippen LogP contribution in [0.15, 0.2) is 59.4 Å². The maximum absolute atomic E-state index is 5.61. The van der Waals surface area contributed by atoms with Crippen LogP contribution in [0.4, 0.5) is 0 Å². The molecule has 0 aliphatic rings. The van der Waals surface area contributed by atoms with Crippen molar-refractivity contribution >= 4 is 10.9 Å². The van der Waals surface area contributed by atoms with E-state index in [1.165, 1.54) is 0 Å². The second-order valence-corrected chi connectivity index (χ2v) is 4.48. The van der Waals surface area contributed by atoms with Crippen LogP contribution >= 0.6 is 0 Å². The number of rotatable bonds is 4. The highest BCUT2D eigenvalue weighted by Crippen LogP contribution is 2.19. The third-order valence-corrected chi connectivity index (χ3v) is 3.22. The normalized spacial score (nSPS) is 12.7. The molecule has 4 heteroatoms. The van der Waals surface area contributed by atoms with Gasteiger partial charge in [-0.25, -0.2) is 0 Å². The number of pyridine rings is 1. The first-order valence-corrected chi connectivity index (χ1v) is 6.20. The Bertz CT molecular complexity index is 664. The number of nitrogens with one attached hydrogen (secondary N) is 1. The third kappa shape index (κ3) is 2.50. The molecule has 0 fully saturated rings. The molecule has 0 saturated carbocycles. The molecule has 0 spiro atoms. The quantitative estimate of drug-likeness (QED) is 0.554. The van der Waals surface area contributed by atoms with Gasteiger partial charge in [-0.1, -0.05) is 24.3 Å². The van der Waals surface area contributed by atoms with Gasteiger partial charge in [-0.3, -0.25) is 16.3 Å². The summed E-state index contributed by atoms with van der Waals surface area (Å²) in [7, 11) is 0. The standard InChI is InChI=1S/C15H15N3O/c16-18-15(12-7-8-19-10-12)9-13-6-5-11-3-1-2-4-14(11)17-13/h1-8,10,15,18H,9,16H2. The van der Waals surface area contributed by atoms with Gasteiger partial charge in [-0.15, -0.1) is 0 Å². The Balaban J connectivity index is 1.88. The summed E-state index contributed by atoms with van der Waals surface area (Å²) in [6, 6.07) is 14.1. The molecule has 0 aliphatic carbocycles. The van der Waals surface area contributed by atoms with Crippen LogP contribution in [0.1, 0.15) is 17.3 Å². The first-order valence-electron chi connectivity index (χ1n) is 6.20. The van der Waals surface area contributed by atoms with Gasteiger partial charge in [-0.05, 0) is 18.2 Å². The van der Waals surface area contributed by atoms with Gasteiger partial charge in [0, 0.05) is 23.1 Å². The molecule has 1 aromatic carbocycles. The summed E-state index contributed by atoms with van der Waals surface area (Å²) in [5.74, 6) is 5.61. The zero-order valence-corrected chi connectivity index (χ0v) is 10.4. The molecule has 4 nitrogen and oxygen atoms in total. The van der Waals surface area contributed by atoms with Crippen molar-refractivity contribution in [3.05, 3.63) is 66.2 Å². The number of hydrazine groups is 1. The van der Waals surface area contributed by atoms with Crippen LogP contribution in [-0.2, 0) is 6.42 Å². The topological polar surface area (TPSA) is 64.1 Å². The van der Waals surface area contributed by atoms with Crippen molar-refractivity contribution in [1.29, 1.82) is 0 Å². The molecule has 2 heterocycles. The fraction of sp³-hybridized carbons (Fsp3) is 0.133. The number of nitrogens with zero attached hydrogens (tertiary/aromatic N) is 1. The molecule has 0 amide bonds. The average molecular weight is 253 g/mol. The minimum absolute atomic E-state index is 0.00686. The van der Waals surface area contributed by atoms with Crippen molar-refractivity contribution in [2.45, 2.75) is 12.5 Å². The Morgan fingerprint density at radius 2 is 2.05 bits per heavy atom. The monoisotopic (exact) mass is 253 g/mol. The highest BCUT2D eigenvalue weighted by Gasteiger charge is 2.12. The lowest BCUT2D eigenvalue weighted by atomic mass is 10.0. The lowest BCUT2D eigenvalue weighted by molar-refractivity contribution is 0.522. The Morgan fingerprint density at radius 1 is 1.16 bits per heavy atom. The number of furan rings is 1. The van der Waals surface area contributed by atoms with E-state index in [0.717, 1.165) is 28.6 Å². The van der Waals surface area contributed by atoms with Crippen molar-refractivity contribution in [2.24, 2.45) is 5.84 Å². The van der Waals surface area contributed by atoms with E-state index in [2.05, 4.69) is 22.5 Å². The largest absolute Gasteiger partial charge is 0.472 e. The van der Waals surface area contributed by atoms with Crippen molar-refractivity contribution in [3.63, 3.8) is 0 Å². The Kier molecular flexibility index (Phi) is 3.27. The molecule has 0 aliphatic heterocycles. The molecule has 96 valence electrons. The van der Waals surface area contributed by atoms with Gasteiger partial charge < -0.3 is 4.42 Å². The summed E-state index contributed by atoms with van der Waals surface area (Å²) in [6.45, 7) is 0. The van der Waals surface area contributed by atoms with Crippen LogP contribution in [0.2, 0.25) is 0 Å². The zero-order valence-electron chi connectivity index (χ0n) is 10.4. The minimum atomic E-state index is 0.00686. The lowest BCUT2D eigenvalue weighted by Gasteiger charge is -2.13. The fourth-order valence-electron chi connectivity index (χ4n) is 2.18. The lowest BCUT2D eigenvalue weighted by Crippen LogP contribution is -2.29. The van der Waals surface area contributed by atoms with Crippen LogP contribution in [0.25, 0.3) is 10.9 Å². The number of nitrogens with two attached hydrogens (primary N) is 1. The van der Waals surface area contributed by atoms with E-state index in [1.807, 2.05) is 30.3 Å². The van der Waals surface area contributed by atoms with Crippen LogP contribution in [-0.4, -0.2) is 4.98 Å². The number of benzene rings is 1. The molecule has 0 radical (unpaired) electrons. The van der Waals surface area contributed by atoms with Crippen LogP contribution in [0.5, 0.6) is 0 Å². The number of fused-ring (bicyclic) bond motifs is 1. The minimum Gasteiger partial charge on any atom is -0.472 e. The summed E-state index contributed by atoms with van der Waals surface area (Å²) < 4.78 is 5.09. The molecule has 19 heavy (non-hydrogen) atoms. The summed E-state index contributed by atoms with van der Waals surface area (Å²) in [4.78, 5) is 4.65. The van der Waals surface area contributed by atoms with E-state index in [9.17, 15) is 0 Å². The first kappa shape index (κ1) is 11.9. The fourth-order valence-corrected chi connectivity index (χ4v) is 2.18. The maximum atomic E-state index is 5.61. The molecule has 0 bridgehead atoms. The van der Waals surface area contributed by atoms with Crippen LogP contribution < -0.4 is 11.3 Å². The van der Waals surface area contributed by atoms with Gasteiger partial charge in [0.2, 0.25) is 0 Å². The van der Waals surface area contributed by atoms with Crippen LogP contribution in [0.3, 0.4) is 0 Å². The summed E-state index contributed by atoms with van der Waals surface area (Å²) in [6.07, 6.45) is 4.07. The van der Waals surface area contributed by atoms with E-state index in [0.29, 0.717) is 0 Å². The summed E-state index contributed by atoms with van der Waals surface area (Å²) in [5, 5.41) is 1.15. The second kappa shape index (κ2) is 5.22. The molecule has 3 N–H and O–H groups in total. The molecule has 2 aromatic heterocycles. The Morgan fingerprint density at radius 3 is 2.84 bits per heavy atom. The predicted molar refractivity (Wildman–Crippen MR) is 74.2 cm³/mol. The highest BCUT2D eigenvalue weighted by molar-refractivity contribution is 5.78. The van der Waals surface area contributed by atoms with Gasteiger partial charge in [0.15, 0.2) is 0 Å². The third-order valence-electron chi connectivity index (χ3n) is 3.22. The molecule has 3 rings (SSSR count). The van der Waals surface area contributed by atoms with Crippen molar-refractivity contribution < 1.29 is 4.42 Å². The van der Waals surface area contributed by atoms with Crippen molar-refractivity contribution in [3.8, 4) is 0 Å². The van der Waals surface area contributed by atoms with Gasteiger partial charge in [0.05, 0.1) is 24.1 Å². The molecule has 1 atom stereocenters. The van der Waals surface area contributed by atoms with Gasteiger partial charge in [0.25, 0.3) is 0 Å². The van der Waals surface area contributed by atoms with E-state index >= 15 is 0 Å². The smallest absolute Gasteiger partial charge is 0.0951 e. The van der Waals surface area contributed by atoms with Crippen LogP contribution in [0, 0.1) is 0 Å². The molecule has 3 aromatic rings.